The Morgan fingerprint density at radius 3 is 1.69 bits per heavy atom. The summed E-state index contributed by atoms with van der Waals surface area (Å²) in [7, 11) is 0. The van der Waals surface area contributed by atoms with Crippen molar-refractivity contribution in [3.05, 3.63) is 0 Å². The fourth-order valence-corrected chi connectivity index (χ4v) is 9.58. The van der Waals surface area contributed by atoms with Crippen molar-refractivity contribution in [3.8, 4) is 0 Å². The third-order valence-corrected chi connectivity index (χ3v) is 11.5. The number of hydrogen-bond donors (Lipinski definition) is 0. The molecule has 0 saturated heterocycles. The van der Waals surface area contributed by atoms with Crippen molar-refractivity contribution in [3.63, 3.8) is 0 Å². The van der Waals surface area contributed by atoms with Crippen LogP contribution < -0.4 is 0 Å². The van der Waals surface area contributed by atoms with Crippen LogP contribution in [0.2, 0.25) is 0 Å². The Labute approximate surface area is 225 Å². The molecule has 0 spiro atoms. The van der Waals surface area contributed by atoms with Crippen LogP contribution in [0.1, 0.15) is 135 Å². The van der Waals surface area contributed by atoms with Crippen molar-refractivity contribution in [1.82, 2.24) is 0 Å². The second-order valence-corrected chi connectivity index (χ2v) is 13.6. The van der Waals surface area contributed by atoms with E-state index in [0.717, 1.165) is 43.4 Å². The maximum atomic E-state index is 12.8. The van der Waals surface area contributed by atoms with Gasteiger partial charge >= 0.3 is 0 Å². The van der Waals surface area contributed by atoms with Crippen LogP contribution in [0.25, 0.3) is 0 Å². The van der Waals surface area contributed by atoms with E-state index in [9.17, 15) is 9.59 Å². The van der Waals surface area contributed by atoms with E-state index in [1.165, 1.54) is 109 Å². The molecule has 4 aliphatic carbocycles. The minimum Gasteiger partial charge on any atom is -0.281 e. The van der Waals surface area contributed by atoms with E-state index in [4.69, 9.17) is 23.2 Å². The van der Waals surface area contributed by atoms with Gasteiger partial charge in [-0.05, 0) is 97.2 Å². The van der Waals surface area contributed by atoms with E-state index in [1.54, 1.807) is 0 Å². The Hall–Kier alpha value is -0.0800. The monoisotopic (exact) mass is 524 g/mol. The highest BCUT2D eigenvalue weighted by Crippen LogP contribution is 2.48. The minimum atomic E-state index is -0.175. The number of carbonyl (C=O) groups excluding carboxylic acids is 2. The molecule has 200 valence electrons. The zero-order chi connectivity index (χ0) is 24.6. The van der Waals surface area contributed by atoms with E-state index in [-0.39, 0.29) is 22.3 Å². The molecule has 6 atom stereocenters. The molecule has 4 fully saturated rings. The van der Waals surface area contributed by atoms with Crippen LogP contribution in [-0.4, -0.2) is 10.5 Å². The summed E-state index contributed by atoms with van der Waals surface area (Å²) in [6.45, 7) is 0. The van der Waals surface area contributed by atoms with E-state index in [0.29, 0.717) is 17.8 Å². The van der Waals surface area contributed by atoms with Crippen molar-refractivity contribution < 1.29 is 9.59 Å². The molecule has 0 bridgehead atoms. The summed E-state index contributed by atoms with van der Waals surface area (Å²) < 4.78 is 0. The van der Waals surface area contributed by atoms with Crippen LogP contribution in [-0.2, 0) is 9.59 Å². The molecular formula is C31H50Cl2O2. The Morgan fingerprint density at radius 2 is 1.09 bits per heavy atom. The molecule has 4 rings (SSSR count). The zero-order valence-corrected chi connectivity index (χ0v) is 23.6. The lowest BCUT2D eigenvalue weighted by Gasteiger charge is -2.42. The first-order valence-corrected chi connectivity index (χ1v) is 16.2. The average Bonchev–Trinajstić information content (AvgIpc) is 2.89. The molecule has 6 unspecified atom stereocenters. The third kappa shape index (κ3) is 7.72. The number of carbonyl (C=O) groups is 2. The lowest BCUT2D eigenvalue weighted by molar-refractivity contribution is -0.120. The number of halogens is 2. The molecule has 0 heterocycles. The van der Waals surface area contributed by atoms with Crippen molar-refractivity contribution in [2.45, 2.75) is 135 Å². The maximum Gasteiger partial charge on any atom is 0.225 e. The topological polar surface area (TPSA) is 34.1 Å². The first-order chi connectivity index (χ1) is 17.0. The zero-order valence-electron chi connectivity index (χ0n) is 22.0. The minimum absolute atomic E-state index is 0.0945. The molecule has 0 aromatic heterocycles. The summed E-state index contributed by atoms with van der Waals surface area (Å²) >= 11 is 12.5. The quantitative estimate of drug-likeness (QED) is 0.266. The van der Waals surface area contributed by atoms with Gasteiger partial charge in [0.1, 0.15) is 0 Å². The Balaban J connectivity index is 1.39. The van der Waals surface area contributed by atoms with Crippen molar-refractivity contribution in [2.24, 2.45) is 47.3 Å². The molecular weight excluding hydrogens is 475 g/mol. The highest BCUT2D eigenvalue weighted by Gasteiger charge is 2.40. The van der Waals surface area contributed by atoms with Crippen LogP contribution in [0, 0.1) is 47.3 Å². The molecule has 4 aliphatic rings. The lowest BCUT2D eigenvalue weighted by atomic mass is 9.63. The van der Waals surface area contributed by atoms with Gasteiger partial charge in [0.05, 0.1) is 0 Å². The van der Waals surface area contributed by atoms with Gasteiger partial charge in [0.2, 0.25) is 10.5 Å². The fourth-order valence-electron chi connectivity index (χ4n) is 9.11. The summed E-state index contributed by atoms with van der Waals surface area (Å²) in [6, 6.07) is 0. The summed E-state index contributed by atoms with van der Waals surface area (Å²) in [5, 5.41) is -0.331. The summed E-state index contributed by atoms with van der Waals surface area (Å²) in [6.07, 6.45) is 26.2. The summed E-state index contributed by atoms with van der Waals surface area (Å²) in [4.78, 5) is 25.4. The first-order valence-electron chi connectivity index (χ1n) is 15.4. The smallest absolute Gasteiger partial charge is 0.225 e. The van der Waals surface area contributed by atoms with Gasteiger partial charge in [-0.25, -0.2) is 0 Å². The normalized spacial score (nSPS) is 33.2. The van der Waals surface area contributed by atoms with Crippen LogP contribution in [0.4, 0.5) is 0 Å². The van der Waals surface area contributed by atoms with E-state index in [2.05, 4.69) is 0 Å². The van der Waals surface area contributed by atoms with Gasteiger partial charge in [0, 0.05) is 11.8 Å². The van der Waals surface area contributed by atoms with Gasteiger partial charge < -0.3 is 0 Å². The van der Waals surface area contributed by atoms with Crippen molar-refractivity contribution in [2.75, 3.05) is 0 Å². The van der Waals surface area contributed by atoms with E-state index in [1.807, 2.05) is 0 Å². The van der Waals surface area contributed by atoms with Gasteiger partial charge in [-0.15, -0.1) is 0 Å². The molecule has 4 heteroatoms. The maximum absolute atomic E-state index is 12.8. The largest absolute Gasteiger partial charge is 0.281 e. The predicted molar refractivity (Wildman–Crippen MR) is 147 cm³/mol. The van der Waals surface area contributed by atoms with Gasteiger partial charge in [-0.1, -0.05) is 96.3 Å². The number of hydrogen-bond acceptors (Lipinski definition) is 2. The SMILES string of the molecule is O=C(Cl)C(CCC(C(=O)Cl)C1CCCCC1C1CCCCC1)CC1CCCCC1C1CCCCC1. The molecule has 0 aromatic rings. The van der Waals surface area contributed by atoms with E-state index < -0.39 is 0 Å². The second-order valence-electron chi connectivity index (χ2n) is 12.8. The van der Waals surface area contributed by atoms with Crippen molar-refractivity contribution >= 4 is 33.7 Å². The first kappa shape index (κ1) is 27.9. The third-order valence-electron chi connectivity index (χ3n) is 10.9. The van der Waals surface area contributed by atoms with Crippen molar-refractivity contribution in [1.29, 1.82) is 0 Å². The van der Waals surface area contributed by atoms with E-state index >= 15 is 0 Å². The molecule has 2 nitrogen and oxygen atoms in total. The Morgan fingerprint density at radius 1 is 0.571 bits per heavy atom. The van der Waals surface area contributed by atoms with Gasteiger partial charge in [0.25, 0.3) is 0 Å². The lowest BCUT2D eigenvalue weighted by Crippen LogP contribution is -2.36. The standard InChI is InChI=1S/C31H50Cl2O2/c32-30(34)25(21-24-15-7-8-16-26(24)22-11-3-1-4-12-22)19-20-29(31(33)35)28-18-10-9-17-27(28)23-13-5-2-6-14-23/h22-29H,1-21H2. The second kappa shape index (κ2) is 14.2. The Kier molecular flexibility index (Phi) is 11.3. The molecule has 0 aliphatic heterocycles. The molecule has 0 aromatic carbocycles. The molecule has 35 heavy (non-hydrogen) atoms. The highest BCUT2D eigenvalue weighted by atomic mass is 35.5. The molecule has 0 radical (unpaired) electrons. The van der Waals surface area contributed by atoms with Gasteiger partial charge in [0.15, 0.2) is 0 Å². The summed E-state index contributed by atoms with van der Waals surface area (Å²) in [5.41, 5.74) is 0. The highest BCUT2D eigenvalue weighted by molar-refractivity contribution is 6.64. The van der Waals surface area contributed by atoms with Crippen LogP contribution in [0.5, 0.6) is 0 Å². The molecule has 0 amide bonds. The molecule has 0 N–H and O–H groups in total. The van der Waals surface area contributed by atoms with Gasteiger partial charge in [-0.3, -0.25) is 9.59 Å². The Bertz CT molecular complexity index is 667. The molecule has 4 saturated carbocycles. The van der Waals surface area contributed by atoms with Crippen LogP contribution in [0.3, 0.4) is 0 Å². The van der Waals surface area contributed by atoms with Gasteiger partial charge in [-0.2, -0.15) is 0 Å². The number of rotatable bonds is 10. The summed E-state index contributed by atoms with van der Waals surface area (Å²) in [5.74, 6) is 3.90. The average molecular weight is 526 g/mol. The van der Waals surface area contributed by atoms with Crippen LogP contribution >= 0.6 is 23.2 Å². The fraction of sp³-hybridized carbons (Fsp3) is 0.935. The van der Waals surface area contributed by atoms with Crippen LogP contribution in [0.15, 0.2) is 0 Å². The predicted octanol–water partition coefficient (Wildman–Crippen LogP) is 9.69.